The first-order valence-corrected chi connectivity index (χ1v) is 7.50. The van der Waals surface area contributed by atoms with E-state index in [2.05, 4.69) is 31.2 Å². The lowest BCUT2D eigenvalue weighted by molar-refractivity contribution is 0.117. The van der Waals surface area contributed by atoms with Crippen LogP contribution in [-0.2, 0) is 4.74 Å². The van der Waals surface area contributed by atoms with Crippen molar-refractivity contribution in [3.63, 3.8) is 0 Å². The van der Waals surface area contributed by atoms with Crippen molar-refractivity contribution in [1.82, 2.24) is 0 Å². The second-order valence-corrected chi connectivity index (χ2v) is 5.68. The average molecular weight is 313 g/mol. The molecular weight excluding hydrogens is 296 g/mol. The fraction of sp³-hybridized carbons (Fsp3) is 0.158. The first-order chi connectivity index (χ1) is 10.7. The summed E-state index contributed by atoms with van der Waals surface area (Å²) in [5, 5.41) is 0.692. The van der Waals surface area contributed by atoms with Gasteiger partial charge >= 0.3 is 0 Å². The summed E-state index contributed by atoms with van der Waals surface area (Å²) in [6.07, 6.45) is -0.214. The minimum atomic E-state index is -0.214. The van der Waals surface area contributed by atoms with E-state index in [1.54, 1.807) is 7.11 Å². The Hall–Kier alpha value is -2.03. The number of furan rings is 1. The quantitative estimate of drug-likeness (QED) is 0.621. The van der Waals surface area contributed by atoms with Gasteiger partial charge in [0.05, 0.1) is 0 Å². The maximum absolute atomic E-state index is 6.04. The van der Waals surface area contributed by atoms with E-state index in [1.807, 2.05) is 36.4 Å². The fourth-order valence-electron chi connectivity index (χ4n) is 2.45. The molecule has 3 heteroatoms. The summed E-state index contributed by atoms with van der Waals surface area (Å²) in [6.45, 7) is 2.07. The topological polar surface area (TPSA) is 22.4 Å². The van der Waals surface area contributed by atoms with Gasteiger partial charge in [-0.25, -0.2) is 0 Å². The Morgan fingerprint density at radius 1 is 1.00 bits per heavy atom. The summed E-state index contributed by atoms with van der Waals surface area (Å²) >= 11 is 6.04. The predicted octanol–water partition coefficient (Wildman–Crippen LogP) is 5.64. The van der Waals surface area contributed by atoms with Gasteiger partial charge in [-0.15, -0.1) is 0 Å². The molecule has 0 spiro atoms. The molecule has 112 valence electrons. The Morgan fingerprint density at radius 3 is 2.45 bits per heavy atom. The van der Waals surface area contributed by atoms with Crippen LogP contribution in [0.2, 0.25) is 5.02 Å². The Bertz CT molecular complexity index is 759. The number of ether oxygens (including phenoxy) is 1. The van der Waals surface area contributed by atoms with E-state index in [-0.39, 0.29) is 6.10 Å². The molecule has 22 heavy (non-hydrogen) atoms. The second-order valence-electron chi connectivity index (χ2n) is 5.24. The molecule has 1 heterocycles. The normalized spacial score (nSPS) is 12.3. The van der Waals surface area contributed by atoms with E-state index in [0.29, 0.717) is 5.02 Å². The summed E-state index contributed by atoms with van der Waals surface area (Å²) in [5.74, 6) is 1.56. The molecule has 3 aromatic rings. The van der Waals surface area contributed by atoms with Crippen molar-refractivity contribution in [3.05, 3.63) is 82.6 Å². The maximum Gasteiger partial charge on any atom is 0.140 e. The monoisotopic (exact) mass is 312 g/mol. The zero-order valence-electron chi connectivity index (χ0n) is 12.5. The minimum absolute atomic E-state index is 0.214. The molecule has 0 saturated heterocycles. The van der Waals surface area contributed by atoms with Gasteiger partial charge in [0.2, 0.25) is 0 Å². The highest BCUT2D eigenvalue weighted by Crippen LogP contribution is 2.31. The zero-order chi connectivity index (χ0) is 15.5. The lowest BCUT2D eigenvalue weighted by Crippen LogP contribution is -2.02. The van der Waals surface area contributed by atoms with Gasteiger partial charge in [0.1, 0.15) is 17.6 Å². The molecule has 1 aromatic heterocycles. The highest BCUT2D eigenvalue weighted by atomic mass is 35.5. The molecule has 0 N–H and O–H groups in total. The van der Waals surface area contributed by atoms with E-state index < -0.39 is 0 Å². The first-order valence-electron chi connectivity index (χ1n) is 7.12. The van der Waals surface area contributed by atoms with Gasteiger partial charge in [0, 0.05) is 17.7 Å². The summed E-state index contributed by atoms with van der Waals surface area (Å²) in [7, 11) is 1.69. The van der Waals surface area contributed by atoms with E-state index in [1.165, 1.54) is 5.56 Å². The van der Waals surface area contributed by atoms with Crippen molar-refractivity contribution in [2.24, 2.45) is 0 Å². The largest absolute Gasteiger partial charge is 0.458 e. The van der Waals surface area contributed by atoms with Crippen LogP contribution in [0.15, 0.2) is 65.1 Å². The average Bonchev–Trinajstić information content (AvgIpc) is 3.00. The Morgan fingerprint density at radius 2 is 1.77 bits per heavy atom. The van der Waals surface area contributed by atoms with Crippen LogP contribution in [0, 0.1) is 6.92 Å². The van der Waals surface area contributed by atoms with Crippen LogP contribution in [0.25, 0.3) is 11.3 Å². The smallest absolute Gasteiger partial charge is 0.140 e. The number of benzene rings is 2. The van der Waals surface area contributed by atoms with Crippen molar-refractivity contribution >= 4 is 11.6 Å². The Kier molecular flexibility index (Phi) is 4.32. The number of hydrogen-bond acceptors (Lipinski definition) is 2. The Balaban J connectivity index is 1.93. The number of hydrogen-bond donors (Lipinski definition) is 0. The highest BCUT2D eigenvalue weighted by molar-refractivity contribution is 6.30. The van der Waals surface area contributed by atoms with Gasteiger partial charge in [-0.3, -0.25) is 0 Å². The summed E-state index contributed by atoms with van der Waals surface area (Å²) < 4.78 is 11.6. The molecule has 0 aliphatic rings. The van der Waals surface area contributed by atoms with E-state index in [9.17, 15) is 0 Å². The van der Waals surface area contributed by atoms with Gasteiger partial charge in [-0.1, -0.05) is 53.6 Å². The zero-order valence-corrected chi connectivity index (χ0v) is 13.3. The van der Waals surface area contributed by atoms with Crippen LogP contribution >= 0.6 is 11.6 Å². The van der Waals surface area contributed by atoms with Crippen LogP contribution in [0.1, 0.15) is 23.0 Å². The van der Waals surface area contributed by atoms with Crippen molar-refractivity contribution in [2.75, 3.05) is 7.11 Å². The lowest BCUT2D eigenvalue weighted by Gasteiger charge is -2.13. The van der Waals surface area contributed by atoms with Crippen molar-refractivity contribution in [2.45, 2.75) is 13.0 Å². The third kappa shape index (κ3) is 3.08. The second kappa shape index (κ2) is 6.39. The molecule has 0 fully saturated rings. The first kappa shape index (κ1) is 14.9. The molecule has 0 saturated carbocycles. The Labute approximate surface area is 135 Å². The van der Waals surface area contributed by atoms with Gasteiger partial charge < -0.3 is 9.15 Å². The minimum Gasteiger partial charge on any atom is -0.458 e. The standard InChI is InChI=1S/C19H17ClO2/c1-13-6-8-14(9-7-13)19(21-2)18-11-10-17(22-18)15-4-3-5-16(20)12-15/h3-12,19H,1-2H3. The lowest BCUT2D eigenvalue weighted by atomic mass is 10.1. The SMILES string of the molecule is COC(c1ccc(C)cc1)c1ccc(-c2cccc(Cl)c2)o1. The van der Waals surface area contributed by atoms with Gasteiger partial charge in [-0.2, -0.15) is 0 Å². The molecule has 2 nitrogen and oxygen atoms in total. The van der Waals surface area contributed by atoms with Crippen LogP contribution in [0.5, 0.6) is 0 Å². The summed E-state index contributed by atoms with van der Waals surface area (Å²) in [4.78, 5) is 0. The number of methoxy groups -OCH3 is 1. The van der Waals surface area contributed by atoms with E-state index >= 15 is 0 Å². The van der Waals surface area contributed by atoms with Gasteiger partial charge in [0.25, 0.3) is 0 Å². The predicted molar refractivity (Wildman–Crippen MR) is 89.2 cm³/mol. The van der Waals surface area contributed by atoms with Crippen LogP contribution in [-0.4, -0.2) is 7.11 Å². The molecule has 1 unspecified atom stereocenters. The molecule has 3 rings (SSSR count). The summed E-state index contributed by atoms with van der Waals surface area (Å²) in [5.41, 5.74) is 3.25. The van der Waals surface area contributed by atoms with Crippen molar-refractivity contribution in [3.8, 4) is 11.3 Å². The van der Waals surface area contributed by atoms with E-state index in [0.717, 1.165) is 22.6 Å². The molecule has 0 bridgehead atoms. The number of halogens is 1. The molecule has 0 aliphatic heterocycles. The fourth-order valence-corrected chi connectivity index (χ4v) is 2.64. The third-order valence-corrected chi connectivity index (χ3v) is 3.85. The molecule has 0 amide bonds. The molecule has 1 atom stereocenters. The molecule has 2 aromatic carbocycles. The number of rotatable bonds is 4. The van der Waals surface area contributed by atoms with Crippen LogP contribution in [0.3, 0.4) is 0 Å². The molecule has 0 radical (unpaired) electrons. The molecule has 0 aliphatic carbocycles. The van der Waals surface area contributed by atoms with Gasteiger partial charge in [0.15, 0.2) is 0 Å². The highest BCUT2D eigenvalue weighted by Gasteiger charge is 2.17. The maximum atomic E-state index is 6.04. The van der Waals surface area contributed by atoms with Gasteiger partial charge in [-0.05, 0) is 36.8 Å². The summed E-state index contributed by atoms with van der Waals surface area (Å²) in [6, 6.07) is 19.8. The van der Waals surface area contributed by atoms with Crippen molar-refractivity contribution in [1.29, 1.82) is 0 Å². The van der Waals surface area contributed by atoms with E-state index in [4.69, 9.17) is 20.8 Å². The van der Waals surface area contributed by atoms with Crippen LogP contribution < -0.4 is 0 Å². The number of aryl methyl sites for hydroxylation is 1. The third-order valence-electron chi connectivity index (χ3n) is 3.61. The van der Waals surface area contributed by atoms with Crippen molar-refractivity contribution < 1.29 is 9.15 Å². The van der Waals surface area contributed by atoms with Crippen LogP contribution in [0.4, 0.5) is 0 Å². The molecular formula is C19H17ClO2.